The van der Waals surface area contributed by atoms with E-state index in [9.17, 15) is 9.59 Å². The Kier molecular flexibility index (Phi) is 16.8. The first kappa shape index (κ1) is 53.3. The van der Waals surface area contributed by atoms with E-state index in [4.69, 9.17) is 49.8 Å². The summed E-state index contributed by atoms with van der Waals surface area (Å²) in [4.78, 5) is 49.5. The van der Waals surface area contributed by atoms with Gasteiger partial charge in [0.15, 0.2) is 23.0 Å². The first-order valence-corrected chi connectivity index (χ1v) is 28.1. The van der Waals surface area contributed by atoms with Gasteiger partial charge in [-0.1, -0.05) is 84.4 Å². The predicted octanol–water partition coefficient (Wildman–Crippen LogP) is 11.1. The summed E-state index contributed by atoms with van der Waals surface area (Å²) < 4.78 is 35.8. The van der Waals surface area contributed by atoms with Gasteiger partial charge < -0.3 is 38.2 Å². The number of ether oxygens (including phenoxy) is 6. The maximum atomic E-state index is 13.7. The molecular formula is C60H58ClN7O9S2. The van der Waals surface area contributed by atoms with Crippen LogP contribution in [-0.2, 0) is 50.7 Å². The number of hydroxylamine groups is 1. The van der Waals surface area contributed by atoms with E-state index >= 15 is 0 Å². The second-order valence-corrected chi connectivity index (χ2v) is 21.5. The van der Waals surface area contributed by atoms with Crippen molar-refractivity contribution < 1.29 is 42.8 Å². The molecule has 1 unspecified atom stereocenters. The van der Waals surface area contributed by atoms with E-state index in [2.05, 4.69) is 49.4 Å². The standard InChI is InChI=1S/C60H58ClN7O9S2/c1-3-75-64-58(69)48-37-78-56(62-48)34-66(32-43-14-22-52-54(28-43)74-39-73-52)31-41-12-20-47(21-13-41)72-36-42-8-16-45(17-9-42)60-76-53-23-15-44(29-55(53)77-60)33-65(30-40-10-18-46(61)19-11-40)35-57-63-49(38-79-57)59(70)68-26-24-67(25-27-68)50-6-4-5-7-51(50)71-2/h4-23,28-29,37-38,60H,3,24-27,30-36,39H2,1-2H3,(H,64,69). The van der Waals surface area contributed by atoms with Gasteiger partial charge in [0, 0.05) is 73.7 Å². The fraction of sp³-hybridized carbons (Fsp3) is 0.267. The van der Waals surface area contributed by atoms with Crippen molar-refractivity contribution in [3.8, 4) is 34.5 Å². The Morgan fingerprint density at radius 3 is 1.94 bits per heavy atom. The lowest BCUT2D eigenvalue weighted by Crippen LogP contribution is -2.49. The minimum atomic E-state index is -0.601. The summed E-state index contributed by atoms with van der Waals surface area (Å²) in [5.74, 6) is 3.97. The van der Waals surface area contributed by atoms with Gasteiger partial charge in [-0.25, -0.2) is 15.4 Å². The number of benzene rings is 6. The van der Waals surface area contributed by atoms with Crippen LogP contribution in [0, 0.1) is 0 Å². The molecule has 6 aromatic carbocycles. The average Bonchev–Trinajstić information content (AvgIpc) is 4.35. The summed E-state index contributed by atoms with van der Waals surface area (Å²) in [6.45, 7) is 8.92. The minimum absolute atomic E-state index is 0.0511. The maximum Gasteiger partial charge on any atom is 0.294 e. The van der Waals surface area contributed by atoms with Gasteiger partial charge >= 0.3 is 0 Å². The summed E-state index contributed by atoms with van der Waals surface area (Å²) in [6.07, 6.45) is -0.601. The van der Waals surface area contributed by atoms with Gasteiger partial charge in [0.2, 0.25) is 6.79 Å². The molecule has 16 nitrogen and oxygen atoms in total. The number of rotatable bonds is 22. The summed E-state index contributed by atoms with van der Waals surface area (Å²) in [7, 11) is 1.68. The van der Waals surface area contributed by atoms with E-state index < -0.39 is 6.29 Å². The fourth-order valence-electron chi connectivity index (χ4n) is 9.60. The molecular weight excluding hydrogens is 1060 g/mol. The van der Waals surface area contributed by atoms with Crippen molar-refractivity contribution >= 4 is 51.8 Å². The first-order chi connectivity index (χ1) is 38.7. The van der Waals surface area contributed by atoms with E-state index in [0.29, 0.717) is 107 Å². The lowest BCUT2D eigenvalue weighted by atomic mass is 10.1. The average molecular weight is 1120 g/mol. The molecule has 3 aliphatic rings. The maximum absolute atomic E-state index is 13.7. The summed E-state index contributed by atoms with van der Waals surface area (Å²) >= 11 is 9.21. The number of fused-ring (bicyclic) bond motifs is 2. The van der Waals surface area contributed by atoms with Crippen molar-refractivity contribution in [3.05, 3.63) is 204 Å². The third-order valence-corrected chi connectivity index (χ3v) is 15.5. The van der Waals surface area contributed by atoms with Crippen LogP contribution in [0.1, 0.15) is 77.6 Å². The predicted molar refractivity (Wildman–Crippen MR) is 302 cm³/mol. The SMILES string of the molecule is CCONC(=O)c1csc(CN(Cc2ccc(OCc3ccc(C4Oc5ccc(CN(Cc6ccc(Cl)cc6)Cc6nc(C(=O)N7CCN(c8ccccc8OC)CC7)cs6)cc5O4)cc3)cc2)Cc2ccc3c(c2)OCO3)n1. The van der Waals surface area contributed by atoms with Crippen molar-refractivity contribution in [3.63, 3.8) is 0 Å². The molecule has 0 saturated carbocycles. The molecule has 3 aliphatic heterocycles. The zero-order valence-corrected chi connectivity index (χ0v) is 46.1. The molecule has 0 spiro atoms. The Labute approximate surface area is 471 Å². The number of aromatic nitrogens is 2. The Balaban J connectivity index is 0.684. The van der Waals surface area contributed by atoms with E-state index in [1.807, 2.05) is 119 Å². The molecule has 406 valence electrons. The van der Waals surface area contributed by atoms with Gasteiger partial charge in [0.05, 0.1) is 32.5 Å². The van der Waals surface area contributed by atoms with E-state index in [-0.39, 0.29) is 18.6 Å². The molecule has 19 heteroatoms. The van der Waals surface area contributed by atoms with Crippen LogP contribution in [0.15, 0.2) is 144 Å². The second-order valence-electron chi connectivity index (χ2n) is 19.2. The fourth-order valence-corrected chi connectivity index (χ4v) is 11.4. The molecule has 8 aromatic rings. The van der Waals surface area contributed by atoms with Crippen molar-refractivity contribution in [1.82, 2.24) is 30.1 Å². The monoisotopic (exact) mass is 1120 g/mol. The van der Waals surface area contributed by atoms with Crippen LogP contribution in [-0.4, -0.2) is 83.2 Å². The number of nitrogens with one attached hydrogen (secondary N) is 1. The molecule has 11 rings (SSSR count). The Morgan fingerprint density at radius 1 is 0.658 bits per heavy atom. The second kappa shape index (κ2) is 25.0. The zero-order chi connectivity index (χ0) is 54.1. The van der Waals surface area contributed by atoms with Crippen LogP contribution in [0.4, 0.5) is 5.69 Å². The highest BCUT2D eigenvalue weighted by molar-refractivity contribution is 7.10. The zero-order valence-electron chi connectivity index (χ0n) is 43.7. The van der Waals surface area contributed by atoms with Gasteiger partial charge in [-0.3, -0.25) is 24.2 Å². The van der Waals surface area contributed by atoms with Gasteiger partial charge in [0.1, 0.15) is 39.5 Å². The van der Waals surface area contributed by atoms with E-state index in [0.717, 1.165) is 72.1 Å². The molecule has 2 aromatic heterocycles. The lowest BCUT2D eigenvalue weighted by Gasteiger charge is -2.36. The lowest BCUT2D eigenvalue weighted by molar-refractivity contribution is 0.0360. The number of carbonyl (C=O) groups excluding carboxylic acids is 2. The smallest absolute Gasteiger partial charge is 0.294 e. The number of nitrogens with zero attached hydrogens (tertiary/aromatic N) is 6. The van der Waals surface area contributed by atoms with Crippen LogP contribution >= 0.6 is 34.3 Å². The van der Waals surface area contributed by atoms with Crippen molar-refractivity contribution in [2.45, 2.75) is 59.1 Å². The normalized spacial score (nSPS) is 14.5. The largest absolute Gasteiger partial charge is 0.495 e. The number of halogens is 1. The minimum Gasteiger partial charge on any atom is -0.495 e. The number of anilines is 1. The van der Waals surface area contributed by atoms with Crippen molar-refractivity contribution in [1.29, 1.82) is 0 Å². The number of hydrogen-bond acceptors (Lipinski definition) is 16. The number of amides is 2. The molecule has 0 bridgehead atoms. The number of methoxy groups -OCH3 is 1. The highest BCUT2D eigenvalue weighted by atomic mass is 35.5. The molecule has 1 fully saturated rings. The number of thiazole rings is 2. The van der Waals surface area contributed by atoms with Gasteiger partial charge in [-0.05, 0) is 95.4 Å². The molecule has 0 aliphatic carbocycles. The van der Waals surface area contributed by atoms with Crippen LogP contribution in [0.2, 0.25) is 5.02 Å². The Morgan fingerprint density at radius 2 is 1.24 bits per heavy atom. The number of piperazine rings is 1. The molecule has 2 amide bonds. The molecule has 1 saturated heterocycles. The third-order valence-electron chi connectivity index (χ3n) is 13.6. The third kappa shape index (κ3) is 13.4. The van der Waals surface area contributed by atoms with Gasteiger partial charge in [-0.15, -0.1) is 22.7 Å². The van der Waals surface area contributed by atoms with E-state index in [1.54, 1.807) is 19.4 Å². The molecule has 5 heterocycles. The Bertz CT molecular complexity index is 3370. The quantitative estimate of drug-likeness (QED) is 0.0641. The van der Waals surface area contributed by atoms with Crippen molar-refractivity contribution in [2.75, 3.05) is 51.6 Å². The summed E-state index contributed by atoms with van der Waals surface area (Å²) in [5.41, 5.74) is 10.5. The van der Waals surface area contributed by atoms with Crippen LogP contribution in [0.5, 0.6) is 34.5 Å². The van der Waals surface area contributed by atoms with Crippen LogP contribution in [0.3, 0.4) is 0 Å². The van der Waals surface area contributed by atoms with E-state index in [1.165, 1.54) is 22.7 Å². The molecule has 0 radical (unpaired) electrons. The molecule has 79 heavy (non-hydrogen) atoms. The summed E-state index contributed by atoms with van der Waals surface area (Å²) in [5, 5.41) is 5.97. The van der Waals surface area contributed by atoms with Crippen molar-refractivity contribution in [2.24, 2.45) is 0 Å². The topological polar surface area (TPSA) is 150 Å². The summed E-state index contributed by atoms with van der Waals surface area (Å²) in [6, 6.07) is 44.1. The number of para-hydroxylation sites is 2. The first-order valence-electron chi connectivity index (χ1n) is 26.0. The molecule has 1 N–H and O–H groups in total. The highest BCUT2D eigenvalue weighted by Gasteiger charge is 2.28. The van der Waals surface area contributed by atoms with Gasteiger partial charge in [0.25, 0.3) is 18.1 Å². The van der Waals surface area contributed by atoms with Crippen LogP contribution < -0.4 is 38.8 Å². The van der Waals surface area contributed by atoms with Gasteiger partial charge in [-0.2, -0.15) is 0 Å². The molecule has 1 atom stereocenters. The van der Waals surface area contributed by atoms with Crippen LogP contribution in [0.25, 0.3) is 0 Å². The number of hydrogen-bond donors (Lipinski definition) is 1. The number of carbonyl (C=O) groups is 2. The Hall–Kier alpha value is -7.71. The highest BCUT2D eigenvalue weighted by Crippen LogP contribution is 2.42.